The Labute approximate surface area is 150 Å². The summed E-state index contributed by atoms with van der Waals surface area (Å²) in [4.78, 5) is 12.8. The number of ether oxygens (including phenoxy) is 1. The van der Waals surface area contributed by atoms with Gasteiger partial charge in [0.2, 0.25) is 5.91 Å². The van der Waals surface area contributed by atoms with Crippen molar-refractivity contribution in [1.82, 2.24) is 5.32 Å². The molecule has 2 N–H and O–H groups in total. The molecule has 1 amide bonds. The van der Waals surface area contributed by atoms with Crippen LogP contribution in [0, 0.1) is 17.8 Å². The van der Waals surface area contributed by atoms with Crippen LogP contribution >= 0.6 is 0 Å². The Morgan fingerprint density at radius 1 is 1.12 bits per heavy atom. The molecule has 1 atom stereocenters. The number of amides is 1. The minimum Gasteiger partial charge on any atom is -0.494 e. The second-order valence-electron chi connectivity index (χ2n) is 8.51. The third kappa shape index (κ3) is 3.49. The second kappa shape index (κ2) is 6.54. The van der Waals surface area contributed by atoms with E-state index < -0.39 is 0 Å². The Morgan fingerprint density at radius 3 is 2.20 bits per heavy atom. The Morgan fingerprint density at radius 2 is 1.68 bits per heavy atom. The molecule has 4 nitrogen and oxygen atoms in total. The van der Waals surface area contributed by atoms with E-state index in [2.05, 4.69) is 10.6 Å². The highest BCUT2D eigenvalue weighted by atomic mass is 16.5. The molecule has 4 aliphatic carbocycles. The van der Waals surface area contributed by atoms with Crippen molar-refractivity contribution in [3.8, 4) is 5.75 Å². The number of carbonyl (C=O) groups is 1. The first-order valence-electron chi connectivity index (χ1n) is 9.86. The summed E-state index contributed by atoms with van der Waals surface area (Å²) in [6.45, 7) is 4.59. The molecule has 0 aliphatic heterocycles. The van der Waals surface area contributed by atoms with Gasteiger partial charge in [0.05, 0.1) is 6.61 Å². The van der Waals surface area contributed by atoms with Gasteiger partial charge in [-0.15, -0.1) is 0 Å². The van der Waals surface area contributed by atoms with Gasteiger partial charge in [0.1, 0.15) is 11.8 Å². The van der Waals surface area contributed by atoms with Crippen molar-refractivity contribution in [2.24, 2.45) is 17.8 Å². The van der Waals surface area contributed by atoms with Crippen LogP contribution in [0.1, 0.15) is 52.4 Å². The number of benzene rings is 1. The molecule has 0 spiro atoms. The van der Waals surface area contributed by atoms with E-state index >= 15 is 0 Å². The monoisotopic (exact) mass is 342 g/mol. The molecular weight excluding hydrogens is 312 g/mol. The molecule has 0 radical (unpaired) electrons. The van der Waals surface area contributed by atoms with Crippen molar-refractivity contribution >= 4 is 11.6 Å². The van der Waals surface area contributed by atoms with E-state index in [1.165, 1.54) is 38.5 Å². The summed E-state index contributed by atoms with van der Waals surface area (Å²) in [5, 5.41) is 6.78. The molecule has 4 heteroatoms. The lowest BCUT2D eigenvalue weighted by atomic mass is 9.53. The van der Waals surface area contributed by atoms with Crippen molar-refractivity contribution in [2.75, 3.05) is 11.9 Å². The van der Waals surface area contributed by atoms with Gasteiger partial charge in [0.15, 0.2) is 0 Å². The van der Waals surface area contributed by atoms with Gasteiger partial charge in [-0.3, -0.25) is 4.79 Å². The van der Waals surface area contributed by atoms with E-state index in [1.807, 2.05) is 38.1 Å². The normalized spacial score (nSPS) is 33.8. The molecule has 4 aliphatic rings. The molecule has 4 bridgehead atoms. The van der Waals surface area contributed by atoms with Crippen LogP contribution in [0.5, 0.6) is 5.75 Å². The summed E-state index contributed by atoms with van der Waals surface area (Å²) in [5.41, 5.74) is 1.04. The number of rotatable bonds is 6. The van der Waals surface area contributed by atoms with E-state index in [0.29, 0.717) is 6.61 Å². The maximum atomic E-state index is 12.8. The van der Waals surface area contributed by atoms with Crippen molar-refractivity contribution in [3.63, 3.8) is 0 Å². The Kier molecular flexibility index (Phi) is 4.38. The van der Waals surface area contributed by atoms with Gasteiger partial charge in [-0.25, -0.2) is 0 Å². The molecule has 25 heavy (non-hydrogen) atoms. The average Bonchev–Trinajstić information content (AvgIpc) is 2.55. The van der Waals surface area contributed by atoms with Crippen LogP contribution in [0.2, 0.25) is 0 Å². The number of hydrogen-bond donors (Lipinski definition) is 2. The highest BCUT2D eigenvalue weighted by molar-refractivity contribution is 5.85. The average molecular weight is 342 g/mol. The van der Waals surface area contributed by atoms with E-state index in [4.69, 9.17) is 4.74 Å². The quantitative estimate of drug-likeness (QED) is 0.822. The number of hydrogen-bond acceptors (Lipinski definition) is 3. The summed E-state index contributed by atoms with van der Waals surface area (Å²) < 4.78 is 5.47. The molecule has 5 rings (SSSR count). The zero-order valence-corrected chi connectivity index (χ0v) is 15.4. The lowest BCUT2D eigenvalue weighted by Gasteiger charge is -2.57. The first-order chi connectivity index (χ1) is 12.0. The van der Waals surface area contributed by atoms with E-state index in [9.17, 15) is 4.79 Å². The molecule has 136 valence electrons. The molecule has 1 aromatic carbocycles. The molecule has 4 saturated carbocycles. The highest BCUT2D eigenvalue weighted by Gasteiger charge is 2.51. The number of anilines is 1. The van der Waals surface area contributed by atoms with E-state index in [1.54, 1.807) is 0 Å². The van der Waals surface area contributed by atoms with Crippen LogP contribution in [-0.4, -0.2) is 24.1 Å². The van der Waals surface area contributed by atoms with E-state index in [0.717, 1.165) is 29.2 Å². The minimum atomic E-state index is -0.231. The van der Waals surface area contributed by atoms with Crippen molar-refractivity contribution < 1.29 is 9.53 Å². The fraction of sp³-hybridized carbons (Fsp3) is 0.667. The predicted octanol–water partition coefficient (Wildman–Crippen LogP) is 3.97. The molecule has 1 aromatic rings. The minimum absolute atomic E-state index is 0.0839. The Bertz CT molecular complexity index is 590. The van der Waals surface area contributed by atoms with Crippen LogP contribution < -0.4 is 15.4 Å². The number of nitrogens with one attached hydrogen (secondary N) is 2. The highest BCUT2D eigenvalue weighted by Crippen LogP contribution is 2.55. The molecule has 4 fully saturated rings. The fourth-order valence-electron chi connectivity index (χ4n) is 5.76. The SMILES string of the molecule is CCOc1ccc(N[C@H](C)C(=O)NC23CC4CC(CC(C4)C2)C3)cc1. The van der Waals surface area contributed by atoms with Crippen LogP contribution in [0.15, 0.2) is 24.3 Å². The van der Waals surface area contributed by atoms with Crippen molar-refractivity contribution in [2.45, 2.75) is 64.0 Å². The smallest absolute Gasteiger partial charge is 0.242 e. The third-order valence-electron chi connectivity index (χ3n) is 6.37. The van der Waals surface area contributed by atoms with Gasteiger partial charge in [-0.2, -0.15) is 0 Å². The zero-order valence-electron chi connectivity index (χ0n) is 15.4. The van der Waals surface area contributed by atoms with Gasteiger partial charge < -0.3 is 15.4 Å². The van der Waals surface area contributed by atoms with Crippen LogP contribution in [0.25, 0.3) is 0 Å². The molecule has 0 unspecified atom stereocenters. The summed E-state index contributed by atoms with van der Waals surface area (Å²) in [6.07, 6.45) is 7.78. The summed E-state index contributed by atoms with van der Waals surface area (Å²) in [5.74, 6) is 3.54. The summed E-state index contributed by atoms with van der Waals surface area (Å²) in [6, 6.07) is 7.59. The summed E-state index contributed by atoms with van der Waals surface area (Å²) in [7, 11) is 0. The Hall–Kier alpha value is -1.71. The predicted molar refractivity (Wildman–Crippen MR) is 99.7 cm³/mol. The lowest BCUT2D eigenvalue weighted by Crippen LogP contribution is -2.61. The standard InChI is InChI=1S/C21H30N2O2/c1-3-25-19-6-4-18(5-7-19)22-14(2)20(24)23-21-11-15-8-16(12-21)10-17(9-15)13-21/h4-7,14-17,22H,3,8-13H2,1-2H3,(H,23,24)/t14-,15?,16?,17?,21?/m1/s1. The zero-order chi connectivity index (χ0) is 17.4. The topological polar surface area (TPSA) is 50.4 Å². The largest absolute Gasteiger partial charge is 0.494 e. The Balaban J connectivity index is 1.36. The fourth-order valence-corrected chi connectivity index (χ4v) is 5.76. The third-order valence-corrected chi connectivity index (χ3v) is 6.37. The van der Waals surface area contributed by atoms with Crippen molar-refractivity contribution in [1.29, 1.82) is 0 Å². The molecular formula is C21H30N2O2. The van der Waals surface area contributed by atoms with Gasteiger partial charge in [-0.1, -0.05) is 0 Å². The van der Waals surface area contributed by atoms with Crippen LogP contribution in [-0.2, 0) is 4.79 Å². The maximum absolute atomic E-state index is 12.8. The van der Waals surface area contributed by atoms with Crippen LogP contribution in [0.4, 0.5) is 5.69 Å². The van der Waals surface area contributed by atoms with Gasteiger partial charge in [0, 0.05) is 11.2 Å². The van der Waals surface area contributed by atoms with E-state index in [-0.39, 0.29) is 17.5 Å². The first-order valence-corrected chi connectivity index (χ1v) is 9.86. The molecule has 0 saturated heterocycles. The molecule has 0 aromatic heterocycles. The van der Waals surface area contributed by atoms with Crippen LogP contribution in [0.3, 0.4) is 0 Å². The van der Waals surface area contributed by atoms with Gasteiger partial charge >= 0.3 is 0 Å². The molecule has 0 heterocycles. The first kappa shape index (κ1) is 16.7. The van der Waals surface area contributed by atoms with Crippen molar-refractivity contribution in [3.05, 3.63) is 24.3 Å². The lowest BCUT2D eigenvalue weighted by molar-refractivity contribution is -0.127. The maximum Gasteiger partial charge on any atom is 0.242 e. The second-order valence-corrected chi connectivity index (χ2v) is 8.51. The summed E-state index contributed by atoms with van der Waals surface area (Å²) >= 11 is 0. The number of carbonyl (C=O) groups excluding carboxylic acids is 1. The van der Waals surface area contributed by atoms with Gasteiger partial charge in [-0.05, 0) is 94.4 Å². The van der Waals surface area contributed by atoms with Gasteiger partial charge in [0.25, 0.3) is 0 Å².